The maximum atomic E-state index is 14.0. The Hall–Kier alpha value is -2.98. The number of carbonyl (C=O) groups is 1. The van der Waals surface area contributed by atoms with Gasteiger partial charge in [-0.3, -0.25) is 0 Å². The number of halogens is 21. The molecule has 0 fully saturated rings. The third-order valence-corrected chi connectivity index (χ3v) is 7.33. The highest BCUT2D eigenvalue weighted by Gasteiger charge is 2.97. The summed E-state index contributed by atoms with van der Waals surface area (Å²) < 4.78 is 288. The SMILES string of the molecule is O=C(O)c1ccc(OCCCCCCCCCCC(F)(F)C(F)(F)C(F)(F)C(F)(F)C(F)(F)C(F)(F)C(F)(F)C(F)(F)C(F)(F)C(F)(F)F)cc1. The van der Waals surface area contributed by atoms with Crippen LogP contribution in [0.25, 0.3) is 0 Å². The van der Waals surface area contributed by atoms with Crippen molar-refractivity contribution in [3.63, 3.8) is 0 Å². The van der Waals surface area contributed by atoms with Crippen LogP contribution in [-0.4, -0.2) is 77.2 Å². The zero-order chi connectivity index (χ0) is 40.3. The maximum Gasteiger partial charge on any atom is 0.460 e. The highest BCUT2D eigenvalue weighted by atomic mass is 19.4. The smallest absolute Gasteiger partial charge is 0.460 e. The van der Waals surface area contributed by atoms with Gasteiger partial charge in [0.1, 0.15) is 5.75 Å². The van der Waals surface area contributed by atoms with E-state index in [1.807, 2.05) is 0 Å². The molecule has 24 heteroatoms. The zero-order valence-electron chi connectivity index (χ0n) is 25.1. The summed E-state index contributed by atoms with van der Waals surface area (Å²) in [7, 11) is 0. The number of ether oxygens (including phenoxy) is 1. The van der Waals surface area contributed by atoms with Crippen LogP contribution in [0, 0.1) is 0 Å². The quantitative estimate of drug-likeness (QED) is 0.0996. The van der Waals surface area contributed by atoms with E-state index in [0.717, 1.165) is 0 Å². The van der Waals surface area contributed by atoms with Crippen molar-refractivity contribution in [1.82, 2.24) is 0 Å². The fourth-order valence-corrected chi connectivity index (χ4v) is 4.14. The number of aromatic carboxylic acids is 1. The first kappa shape index (κ1) is 46.0. The number of benzene rings is 1. The Labute approximate surface area is 273 Å². The Morgan fingerprint density at radius 3 is 1.12 bits per heavy atom. The Bertz CT molecular complexity index is 1290. The van der Waals surface area contributed by atoms with Crippen LogP contribution < -0.4 is 4.74 Å². The molecule has 0 unspecified atom stereocenters. The second kappa shape index (κ2) is 15.2. The van der Waals surface area contributed by atoms with Crippen molar-refractivity contribution in [2.75, 3.05) is 6.61 Å². The minimum atomic E-state index is -9.17. The van der Waals surface area contributed by atoms with Crippen LogP contribution in [-0.2, 0) is 0 Å². The lowest BCUT2D eigenvalue weighted by atomic mass is 9.85. The molecule has 3 nitrogen and oxygen atoms in total. The molecule has 0 aliphatic carbocycles. The average Bonchev–Trinajstić information content (AvgIpc) is 2.98. The Balaban J connectivity index is 2.85. The molecular formula is C27H25F21O3. The molecule has 0 saturated heterocycles. The van der Waals surface area contributed by atoms with Crippen molar-refractivity contribution >= 4 is 5.97 Å². The lowest BCUT2D eigenvalue weighted by Gasteiger charge is -2.44. The molecule has 1 rings (SSSR count). The van der Waals surface area contributed by atoms with Crippen LogP contribution >= 0.6 is 0 Å². The fraction of sp³-hybridized carbons (Fsp3) is 0.741. The van der Waals surface area contributed by atoms with Crippen molar-refractivity contribution in [3.8, 4) is 5.75 Å². The Kier molecular flexibility index (Phi) is 13.7. The van der Waals surface area contributed by atoms with Gasteiger partial charge < -0.3 is 9.84 Å². The molecule has 0 bridgehead atoms. The van der Waals surface area contributed by atoms with Gasteiger partial charge >= 0.3 is 65.4 Å². The van der Waals surface area contributed by atoms with Crippen LogP contribution in [0.4, 0.5) is 92.2 Å². The second-order valence-electron chi connectivity index (χ2n) is 11.1. The first-order chi connectivity index (χ1) is 22.6. The van der Waals surface area contributed by atoms with E-state index in [2.05, 4.69) is 0 Å². The lowest BCUT2D eigenvalue weighted by Crippen LogP contribution is -2.76. The standard InChI is InChI=1S/C27H25F21O3/c28-18(29,13-7-5-3-1-2-4-6-8-14-51-16-11-9-15(10-12-16)17(49)50)19(30,31)20(32,33)21(34,35)22(36,37)23(38,39)24(40,41)25(42,43)26(44,45)27(46,47)48/h9-12H,1-8,13-14H2,(H,49,50). The van der Waals surface area contributed by atoms with Gasteiger partial charge in [-0.2, -0.15) is 92.2 Å². The van der Waals surface area contributed by atoms with Gasteiger partial charge in [-0.05, 0) is 37.1 Å². The summed E-state index contributed by atoms with van der Waals surface area (Å²) in [6.07, 6.45) is -10.5. The van der Waals surface area contributed by atoms with E-state index in [4.69, 9.17) is 9.84 Å². The van der Waals surface area contributed by atoms with E-state index in [1.54, 1.807) is 0 Å². The zero-order valence-corrected chi connectivity index (χ0v) is 25.1. The van der Waals surface area contributed by atoms with Gasteiger partial charge in [0, 0.05) is 6.42 Å². The van der Waals surface area contributed by atoms with Crippen molar-refractivity contribution in [1.29, 1.82) is 0 Å². The Morgan fingerprint density at radius 2 is 0.765 bits per heavy atom. The molecule has 0 aliphatic rings. The first-order valence-corrected chi connectivity index (χ1v) is 14.1. The number of hydrogen-bond acceptors (Lipinski definition) is 2. The van der Waals surface area contributed by atoms with E-state index < -0.39 is 84.7 Å². The predicted molar refractivity (Wildman–Crippen MR) is 131 cm³/mol. The van der Waals surface area contributed by atoms with Gasteiger partial charge in [-0.1, -0.05) is 38.5 Å². The van der Waals surface area contributed by atoms with Crippen molar-refractivity contribution in [3.05, 3.63) is 29.8 Å². The van der Waals surface area contributed by atoms with E-state index >= 15 is 0 Å². The number of carboxylic acid groups (broad SMARTS) is 1. The molecule has 1 aromatic rings. The van der Waals surface area contributed by atoms with Gasteiger partial charge in [0.05, 0.1) is 12.2 Å². The minimum absolute atomic E-state index is 0.00964. The summed E-state index contributed by atoms with van der Waals surface area (Å²) in [6.45, 7) is 0.186. The van der Waals surface area contributed by atoms with Gasteiger partial charge in [0.2, 0.25) is 0 Å². The molecule has 0 radical (unpaired) electrons. The molecule has 0 amide bonds. The molecule has 0 atom stereocenters. The van der Waals surface area contributed by atoms with Crippen LogP contribution in [0.3, 0.4) is 0 Å². The van der Waals surface area contributed by atoms with Crippen molar-refractivity contribution in [2.24, 2.45) is 0 Å². The van der Waals surface area contributed by atoms with Crippen LogP contribution in [0.15, 0.2) is 24.3 Å². The third-order valence-electron chi connectivity index (χ3n) is 7.33. The number of rotatable bonds is 21. The highest BCUT2D eigenvalue weighted by molar-refractivity contribution is 5.87. The monoisotopic (exact) mass is 796 g/mol. The van der Waals surface area contributed by atoms with Gasteiger partial charge in [-0.25, -0.2) is 4.79 Å². The summed E-state index contributed by atoms with van der Waals surface area (Å²) in [5, 5.41) is 8.81. The van der Waals surface area contributed by atoms with Gasteiger partial charge in [0.15, 0.2) is 0 Å². The van der Waals surface area contributed by atoms with Gasteiger partial charge in [0.25, 0.3) is 0 Å². The van der Waals surface area contributed by atoms with Crippen LogP contribution in [0.2, 0.25) is 0 Å². The summed E-state index contributed by atoms with van der Waals surface area (Å²) in [5.74, 6) is -77.4. The highest BCUT2D eigenvalue weighted by Crippen LogP contribution is 2.66. The van der Waals surface area contributed by atoms with Crippen molar-refractivity contribution in [2.45, 2.75) is 117 Å². The van der Waals surface area contributed by atoms with Crippen LogP contribution in [0.1, 0.15) is 68.1 Å². The molecule has 1 aromatic carbocycles. The summed E-state index contributed by atoms with van der Waals surface area (Å²) in [4.78, 5) is 10.8. The molecule has 1 N–H and O–H groups in total. The molecular weight excluding hydrogens is 771 g/mol. The molecule has 0 saturated carbocycles. The molecule has 0 spiro atoms. The largest absolute Gasteiger partial charge is 0.494 e. The second-order valence-corrected chi connectivity index (χ2v) is 11.1. The summed E-state index contributed by atoms with van der Waals surface area (Å²) in [6, 6.07) is 5.36. The third kappa shape index (κ3) is 8.32. The number of hydrogen-bond donors (Lipinski definition) is 1. The van der Waals surface area contributed by atoms with E-state index in [9.17, 15) is 97.0 Å². The summed E-state index contributed by atoms with van der Waals surface area (Å²) in [5.41, 5.74) is 0.00964. The number of alkyl halides is 21. The van der Waals surface area contributed by atoms with E-state index in [-0.39, 0.29) is 25.0 Å². The molecule has 298 valence electrons. The van der Waals surface area contributed by atoms with E-state index in [0.29, 0.717) is 31.4 Å². The molecule has 0 aromatic heterocycles. The molecule has 0 heterocycles. The maximum absolute atomic E-state index is 14.0. The molecule has 51 heavy (non-hydrogen) atoms. The number of carboxylic acids is 1. The van der Waals surface area contributed by atoms with Gasteiger partial charge in [-0.15, -0.1) is 0 Å². The van der Waals surface area contributed by atoms with E-state index in [1.165, 1.54) is 24.3 Å². The lowest BCUT2D eigenvalue weighted by molar-refractivity contribution is -0.474. The fourth-order valence-electron chi connectivity index (χ4n) is 4.14. The van der Waals surface area contributed by atoms with Crippen LogP contribution in [0.5, 0.6) is 5.75 Å². The average molecular weight is 796 g/mol. The normalized spacial score (nSPS) is 14.9. The first-order valence-electron chi connectivity index (χ1n) is 14.1. The minimum Gasteiger partial charge on any atom is -0.494 e. The van der Waals surface area contributed by atoms with Crippen molar-refractivity contribution < 1.29 is 107 Å². The predicted octanol–water partition coefficient (Wildman–Crippen LogP) is 11.6. The molecule has 0 aliphatic heterocycles. The Morgan fingerprint density at radius 1 is 0.451 bits per heavy atom. The number of unbranched alkanes of at least 4 members (excludes halogenated alkanes) is 7. The topological polar surface area (TPSA) is 46.5 Å². The summed E-state index contributed by atoms with van der Waals surface area (Å²) >= 11 is 0.